The zero-order valence-electron chi connectivity index (χ0n) is 18.6. The van der Waals surface area contributed by atoms with Gasteiger partial charge in [0, 0.05) is 19.0 Å². The Balaban J connectivity index is 1.71. The molecule has 2 aromatic rings. The van der Waals surface area contributed by atoms with E-state index in [0.29, 0.717) is 25.1 Å². The van der Waals surface area contributed by atoms with Crippen molar-refractivity contribution in [2.45, 2.75) is 57.1 Å². The van der Waals surface area contributed by atoms with E-state index in [1.54, 1.807) is 12.1 Å². The molecule has 0 N–H and O–H groups in total. The van der Waals surface area contributed by atoms with Crippen molar-refractivity contribution >= 4 is 16.0 Å². The summed E-state index contributed by atoms with van der Waals surface area (Å²) in [5, 5.41) is 0. The van der Waals surface area contributed by atoms with Crippen molar-refractivity contribution in [3.63, 3.8) is 0 Å². The predicted molar refractivity (Wildman–Crippen MR) is 118 cm³/mol. The fourth-order valence-corrected chi connectivity index (χ4v) is 4.95. The average Bonchev–Trinajstić information content (AvgIpc) is 3.28. The number of hydrogen-bond donors (Lipinski definition) is 0. The van der Waals surface area contributed by atoms with Crippen molar-refractivity contribution in [2.75, 3.05) is 6.54 Å². The molecule has 180 valence electrons. The van der Waals surface area contributed by atoms with Crippen LogP contribution in [0.2, 0.25) is 0 Å². The molecule has 2 aromatic carbocycles. The molecule has 0 atom stereocenters. The molecule has 0 unspecified atom stereocenters. The molecule has 1 saturated carbocycles. The normalized spacial score (nSPS) is 15.1. The van der Waals surface area contributed by atoms with E-state index in [4.69, 9.17) is 4.18 Å². The highest BCUT2D eigenvalue weighted by Gasteiger charge is 2.32. The molecule has 0 aliphatic heterocycles. The molecule has 0 heterocycles. The third-order valence-electron chi connectivity index (χ3n) is 5.55. The van der Waals surface area contributed by atoms with Crippen LogP contribution in [0.15, 0.2) is 53.4 Å². The second-order valence-electron chi connectivity index (χ2n) is 8.80. The molecule has 1 aliphatic rings. The fraction of sp³-hybridized carbons (Fsp3) is 0.458. The number of carbonyl (C=O) groups excluding carboxylic acids is 1. The van der Waals surface area contributed by atoms with Crippen LogP contribution in [0.3, 0.4) is 0 Å². The van der Waals surface area contributed by atoms with E-state index in [0.717, 1.165) is 49.4 Å². The Morgan fingerprint density at radius 1 is 1.09 bits per heavy atom. The fourth-order valence-electron chi connectivity index (χ4n) is 3.98. The minimum absolute atomic E-state index is 0.0197. The van der Waals surface area contributed by atoms with Crippen LogP contribution in [-0.2, 0) is 27.6 Å². The van der Waals surface area contributed by atoms with Gasteiger partial charge >= 0.3 is 16.3 Å². The number of benzene rings is 2. The van der Waals surface area contributed by atoms with Gasteiger partial charge in [-0.05, 0) is 54.7 Å². The lowest BCUT2D eigenvalue weighted by atomic mass is 10.0. The number of nitrogens with zero attached hydrogens (tertiary/aromatic N) is 1. The van der Waals surface area contributed by atoms with E-state index in [2.05, 4.69) is 0 Å². The minimum atomic E-state index is -4.66. The number of hydrogen-bond acceptors (Lipinski definition) is 4. The zero-order valence-corrected chi connectivity index (χ0v) is 19.5. The highest BCUT2D eigenvalue weighted by atomic mass is 32.2. The van der Waals surface area contributed by atoms with Crippen molar-refractivity contribution in [2.24, 2.45) is 11.8 Å². The van der Waals surface area contributed by atoms with Crippen LogP contribution < -0.4 is 4.18 Å². The number of carbonyl (C=O) groups is 1. The molecule has 5 nitrogen and oxygen atoms in total. The van der Waals surface area contributed by atoms with Crippen molar-refractivity contribution in [1.82, 2.24) is 4.90 Å². The molecule has 0 spiro atoms. The topological polar surface area (TPSA) is 63.7 Å². The van der Waals surface area contributed by atoms with Gasteiger partial charge in [-0.3, -0.25) is 4.79 Å². The molecule has 0 saturated heterocycles. The van der Waals surface area contributed by atoms with Crippen LogP contribution in [0.5, 0.6) is 5.75 Å². The lowest BCUT2D eigenvalue weighted by molar-refractivity contribution is -0.138. The maximum atomic E-state index is 12.9. The summed E-state index contributed by atoms with van der Waals surface area (Å²) in [5.74, 6) is 0.488. The van der Waals surface area contributed by atoms with Crippen LogP contribution in [0.25, 0.3) is 0 Å². The number of rotatable bonds is 8. The molecular weight excluding hydrogens is 455 g/mol. The highest BCUT2D eigenvalue weighted by Crippen LogP contribution is 2.31. The molecule has 33 heavy (non-hydrogen) atoms. The number of alkyl halides is 3. The van der Waals surface area contributed by atoms with E-state index < -0.39 is 26.8 Å². The first-order chi connectivity index (χ1) is 15.5. The van der Waals surface area contributed by atoms with Crippen LogP contribution >= 0.6 is 0 Å². The smallest absolute Gasteiger partial charge is 0.379 e. The first-order valence-corrected chi connectivity index (χ1v) is 12.4. The summed E-state index contributed by atoms with van der Waals surface area (Å²) < 4.78 is 68.7. The van der Waals surface area contributed by atoms with Crippen molar-refractivity contribution in [3.05, 3.63) is 59.7 Å². The van der Waals surface area contributed by atoms with E-state index in [-0.39, 0.29) is 17.6 Å². The quantitative estimate of drug-likeness (QED) is 0.456. The van der Waals surface area contributed by atoms with Crippen molar-refractivity contribution in [3.8, 4) is 5.75 Å². The Morgan fingerprint density at radius 2 is 1.73 bits per heavy atom. The zero-order chi connectivity index (χ0) is 24.2. The highest BCUT2D eigenvalue weighted by molar-refractivity contribution is 7.87. The standard InChI is InChI=1S/C24H28F3NO4S/c1-17(2)15-28(23(29)19-6-3-4-7-19)16-18-10-12-21(13-11-18)32-33(30,31)22-9-5-8-20(14-22)24(25,26)27/h5,8-14,17,19H,3-4,6-7,15-16H2,1-2H3. The molecular formula is C24H28F3NO4S. The third kappa shape index (κ3) is 6.72. The molecule has 0 radical (unpaired) electrons. The van der Waals surface area contributed by atoms with Gasteiger partial charge in [0.05, 0.1) is 5.56 Å². The van der Waals surface area contributed by atoms with Gasteiger partial charge in [-0.1, -0.05) is 44.9 Å². The van der Waals surface area contributed by atoms with Gasteiger partial charge in [0.25, 0.3) is 0 Å². The average molecular weight is 484 g/mol. The van der Waals surface area contributed by atoms with Gasteiger partial charge in [0.15, 0.2) is 0 Å². The first kappa shape index (κ1) is 25.1. The van der Waals surface area contributed by atoms with E-state index in [1.165, 1.54) is 12.1 Å². The molecule has 3 rings (SSSR count). The van der Waals surface area contributed by atoms with Gasteiger partial charge in [0.1, 0.15) is 10.6 Å². The Morgan fingerprint density at radius 3 is 2.30 bits per heavy atom. The van der Waals surface area contributed by atoms with Crippen molar-refractivity contribution < 1.29 is 30.6 Å². The van der Waals surface area contributed by atoms with Crippen LogP contribution in [0, 0.1) is 11.8 Å². The summed E-state index contributed by atoms with van der Waals surface area (Å²) in [6.07, 6.45) is -0.706. The third-order valence-corrected chi connectivity index (χ3v) is 6.80. The second kappa shape index (κ2) is 10.2. The summed E-state index contributed by atoms with van der Waals surface area (Å²) in [5.41, 5.74) is -0.259. The largest absolute Gasteiger partial charge is 0.416 e. The summed E-state index contributed by atoms with van der Waals surface area (Å²) in [6.45, 7) is 5.11. The Kier molecular flexibility index (Phi) is 7.72. The Hall–Kier alpha value is -2.55. The first-order valence-electron chi connectivity index (χ1n) is 10.9. The van der Waals surface area contributed by atoms with Gasteiger partial charge in [0.2, 0.25) is 5.91 Å². The van der Waals surface area contributed by atoms with Gasteiger partial charge in [-0.15, -0.1) is 0 Å². The lowest BCUT2D eigenvalue weighted by Crippen LogP contribution is -2.37. The Labute approximate surface area is 192 Å². The molecule has 1 amide bonds. The Bertz CT molecular complexity index is 1060. The van der Waals surface area contributed by atoms with Crippen LogP contribution in [0.1, 0.15) is 50.7 Å². The van der Waals surface area contributed by atoms with E-state index >= 15 is 0 Å². The summed E-state index contributed by atoms with van der Waals surface area (Å²) in [4.78, 5) is 14.2. The van der Waals surface area contributed by atoms with E-state index in [9.17, 15) is 26.4 Å². The second-order valence-corrected chi connectivity index (χ2v) is 10.3. The summed E-state index contributed by atoms with van der Waals surface area (Å²) >= 11 is 0. The maximum absolute atomic E-state index is 12.9. The summed E-state index contributed by atoms with van der Waals surface area (Å²) in [7, 11) is -4.44. The SMILES string of the molecule is CC(C)CN(Cc1ccc(OS(=O)(=O)c2cccc(C(F)(F)F)c2)cc1)C(=O)C1CCCC1. The minimum Gasteiger partial charge on any atom is -0.379 e. The van der Waals surface area contributed by atoms with E-state index in [1.807, 2.05) is 18.7 Å². The molecule has 1 aliphatic carbocycles. The molecule has 9 heteroatoms. The number of halogens is 3. The van der Waals surface area contributed by atoms with Gasteiger partial charge < -0.3 is 9.08 Å². The molecule has 0 bridgehead atoms. The van der Waals surface area contributed by atoms with Crippen LogP contribution in [-0.4, -0.2) is 25.8 Å². The van der Waals surface area contributed by atoms with Crippen molar-refractivity contribution in [1.29, 1.82) is 0 Å². The monoisotopic (exact) mass is 483 g/mol. The lowest BCUT2D eigenvalue weighted by Gasteiger charge is -2.27. The van der Waals surface area contributed by atoms with Gasteiger partial charge in [-0.2, -0.15) is 21.6 Å². The van der Waals surface area contributed by atoms with Gasteiger partial charge in [-0.25, -0.2) is 0 Å². The molecule has 1 fully saturated rings. The summed E-state index contributed by atoms with van der Waals surface area (Å²) in [6, 6.07) is 9.61. The molecule has 0 aromatic heterocycles. The maximum Gasteiger partial charge on any atom is 0.416 e. The number of amides is 1. The van der Waals surface area contributed by atoms with Crippen LogP contribution in [0.4, 0.5) is 13.2 Å². The predicted octanol–water partition coefficient (Wildman–Crippen LogP) is 5.65.